The van der Waals surface area contributed by atoms with Crippen LogP contribution in [-0.4, -0.2) is 13.1 Å². The van der Waals surface area contributed by atoms with Crippen LogP contribution in [0.5, 0.6) is 0 Å². The SMILES string of the molecule is [CH2]C(Cc1ccccc1)C(=O)OC. The van der Waals surface area contributed by atoms with Crippen LogP contribution in [0.15, 0.2) is 30.3 Å². The molecule has 0 saturated heterocycles. The molecular formula is C11H13O2. The second-order valence-electron chi connectivity index (χ2n) is 2.91. The fourth-order valence-electron chi connectivity index (χ4n) is 1.15. The van der Waals surface area contributed by atoms with E-state index >= 15 is 0 Å². The van der Waals surface area contributed by atoms with E-state index < -0.39 is 0 Å². The molecule has 0 spiro atoms. The van der Waals surface area contributed by atoms with Gasteiger partial charge in [0.25, 0.3) is 0 Å². The summed E-state index contributed by atoms with van der Waals surface area (Å²) in [6.45, 7) is 3.73. The molecule has 1 rings (SSSR count). The Hall–Kier alpha value is -1.31. The molecule has 1 atom stereocenters. The minimum atomic E-state index is -0.313. The van der Waals surface area contributed by atoms with E-state index in [-0.39, 0.29) is 11.9 Å². The summed E-state index contributed by atoms with van der Waals surface area (Å²) in [7, 11) is 1.38. The molecule has 2 nitrogen and oxygen atoms in total. The van der Waals surface area contributed by atoms with Crippen LogP contribution >= 0.6 is 0 Å². The van der Waals surface area contributed by atoms with E-state index in [0.29, 0.717) is 6.42 Å². The zero-order valence-electron chi connectivity index (χ0n) is 7.69. The summed E-state index contributed by atoms with van der Waals surface area (Å²) in [5, 5.41) is 0. The number of hydrogen-bond donors (Lipinski definition) is 0. The second-order valence-corrected chi connectivity index (χ2v) is 2.91. The molecule has 13 heavy (non-hydrogen) atoms. The molecule has 2 heteroatoms. The third-order valence-corrected chi connectivity index (χ3v) is 1.86. The highest BCUT2D eigenvalue weighted by atomic mass is 16.5. The lowest BCUT2D eigenvalue weighted by Crippen LogP contribution is -2.15. The summed E-state index contributed by atoms with van der Waals surface area (Å²) in [6, 6.07) is 9.78. The van der Waals surface area contributed by atoms with E-state index in [1.807, 2.05) is 30.3 Å². The number of ether oxygens (including phenoxy) is 1. The fourth-order valence-corrected chi connectivity index (χ4v) is 1.15. The normalized spacial score (nSPS) is 12.2. The Morgan fingerprint density at radius 3 is 2.62 bits per heavy atom. The standard InChI is InChI=1S/C11H13O2/c1-9(11(12)13-2)8-10-6-4-3-5-7-10/h3-7,9H,1,8H2,2H3. The van der Waals surface area contributed by atoms with E-state index in [1.54, 1.807) is 0 Å². The highest BCUT2D eigenvalue weighted by molar-refractivity contribution is 5.73. The van der Waals surface area contributed by atoms with Crippen LogP contribution in [0.3, 0.4) is 0 Å². The van der Waals surface area contributed by atoms with Crippen molar-refractivity contribution >= 4 is 5.97 Å². The van der Waals surface area contributed by atoms with E-state index in [4.69, 9.17) is 0 Å². The first-order valence-corrected chi connectivity index (χ1v) is 4.19. The van der Waals surface area contributed by atoms with Crippen LogP contribution in [0, 0.1) is 12.8 Å². The summed E-state index contributed by atoms with van der Waals surface area (Å²) < 4.78 is 4.58. The van der Waals surface area contributed by atoms with Crippen molar-refractivity contribution in [3.8, 4) is 0 Å². The predicted molar refractivity (Wildman–Crippen MR) is 51.0 cm³/mol. The number of benzene rings is 1. The van der Waals surface area contributed by atoms with Gasteiger partial charge in [-0.1, -0.05) is 30.3 Å². The number of methoxy groups -OCH3 is 1. The molecule has 0 aliphatic carbocycles. The Labute approximate surface area is 78.5 Å². The molecule has 0 heterocycles. The van der Waals surface area contributed by atoms with Gasteiger partial charge in [0.1, 0.15) is 0 Å². The third-order valence-electron chi connectivity index (χ3n) is 1.86. The van der Waals surface area contributed by atoms with Crippen LogP contribution < -0.4 is 0 Å². The van der Waals surface area contributed by atoms with Gasteiger partial charge in [-0.25, -0.2) is 0 Å². The second kappa shape index (κ2) is 4.65. The van der Waals surface area contributed by atoms with E-state index in [0.717, 1.165) is 5.56 Å². The Balaban J connectivity index is 2.55. The fraction of sp³-hybridized carbons (Fsp3) is 0.273. The average Bonchev–Trinajstić information content (AvgIpc) is 2.18. The van der Waals surface area contributed by atoms with Crippen molar-refractivity contribution in [2.45, 2.75) is 6.42 Å². The minimum absolute atomic E-state index is 0.260. The van der Waals surface area contributed by atoms with Crippen molar-refractivity contribution in [1.82, 2.24) is 0 Å². The van der Waals surface area contributed by atoms with Crippen molar-refractivity contribution in [3.05, 3.63) is 42.8 Å². The van der Waals surface area contributed by atoms with Crippen molar-refractivity contribution in [2.75, 3.05) is 7.11 Å². The van der Waals surface area contributed by atoms with Crippen molar-refractivity contribution < 1.29 is 9.53 Å². The maximum absolute atomic E-state index is 11.0. The molecule has 69 valence electrons. The molecule has 0 saturated carbocycles. The molecule has 0 amide bonds. The van der Waals surface area contributed by atoms with Crippen LogP contribution in [0.1, 0.15) is 5.56 Å². The predicted octanol–water partition coefficient (Wildman–Crippen LogP) is 1.85. The minimum Gasteiger partial charge on any atom is -0.469 e. The van der Waals surface area contributed by atoms with Crippen LogP contribution in [0.4, 0.5) is 0 Å². The summed E-state index contributed by atoms with van der Waals surface area (Å²) in [4.78, 5) is 11.0. The lowest BCUT2D eigenvalue weighted by molar-refractivity contribution is -0.143. The van der Waals surface area contributed by atoms with Crippen molar-refractivity contribution in [3.63, 3.8) is 0 Å². The largest absolute Gasteiger partial charge is 0.469 e. The monoisotopic (exact) mass is 177 g/mol. The molecule has 1 radical (unpaired) electrons. The third kappa shape index (κ3) is 2.90. The molecule has 0 fully saturated rings. The van der Waals surface area contributed by atoms with Crippen LogP contribution in [0.25, 0.3) is 0 Å². The number of rotatable bonds is 3. The van der Waals surface area contributed by atoms with Gasteiger partial charge in [0.15, 0.2) is 0 Å². The van der Waals surface area contributed by atoms with E-state index in [1.165, 1.54) is 7.11 Å². The number of hydrogen-bond acceptors (Lipinski definition) is 2. The van der Waals surface area contributed by atoms with Gasteiger partial charge in [0.05, 0.1) is 13.0 Å². The summed E-state index contributed by atoms with van der Waals surface area (Å²) in [5.74, 6) is -0.573. The maximum atomic E-state index is 11.0. The van der Waals surface area contributed by atoms with Crippen LogP contribution in [0.2, 0.25) is 0 Å². The molecule has 1 unspecified atom stereocenters. The van der Waals surface area contributed by atoms with Gasteiger partial charge in [-0.2, -0.15) is 0 Å². The zero-order chi connectivity index (χ0) is 9.68. The van der Waals surface area contributed by atoms with Gasteiger partial charge < -0.3 is 4.74 Å². The van der Waals surface area contributed by atoms with E-state index in [2.05, 4.69) is 11.7 Å². The molecule has 0 aromatic heterocycles. The molecule has 0 bridgehead atoms. The molecule has 0 aliphatic heterocycles. The van der Waals surface area contributed by atoms with Crippen LogP contribution in [-0.2, 0) is 16.0 Å². The van der Waals surface area contributed by atoms with Gasteiger partial charge >= 0.3 is 5.97 Å². The highest BCUT2D eigenvalue weighted by Crippen LogP contribution is 2.08. The first-order chi connectivity index (χ1) is 6.24. The zero-order valence-corrected chi connectivity index (χ0v) is 7.69. The molecule has 0 aliphatic rings. The summed E-state index contributed by atoms with van der Waals surface area (Å²) in [6.07, 6.45) is 0.632. The molecule has 1 aromatic carbocycles. The average molecular weight is 177 g/mol. The highest BCUT2D eigenvalue weighted by Gasteiger charge is 2.12. The van der Waals surface area contributed by atoms with E-state index in [9.17, 15) is 4.79 Å². The number of carbonyl (C=O) groups is 1. The number of carbonyl (C=O) groups excluding carboxylic acids is 1. The lowest BCUT2D eigenvalue weighted by Gasteiger charge is -2.07. The quantitative estimate of drug-likeness (QED) is 0.659. The lowest BCUT2D eigenvalue weighted by atomic mass is 10.0. The van der Waals surface area contributed by atoms with Gasteiger partial charge in [0.2, 0.25) is 0 Å². The Bertz CT molecular complexity index is 267. The molecule has 0 N–H and O–H groups in total. The Morgan fingerprint density at radius 2 is 2.08 bits per heavy atom. The number of esters is 1. The first kappa shape index (κ1) is 9.78. The van der Waals surface area contributed by atoms with Gasteiger partial charge in [-0.05, 0) is 18.9 Å². The summed E-state index contributed by atoms with van der Waals surface area (Å²) >= 11 is 0. The molecule has 1 aromatic rings. The molecular weight excluding hydrogens is 164 g/mol. The first-order valence-electron chi connectivity index (χ1n) is 4.19. The maximum Gasteiger partial charge on any atom is 0.308 e. The Morgan fingerprint density at radius 1 is 1.46 bits per heavy atom. The van der Waals surface area contributed by atoms with Crippen molar-refractivity contribution in [2.24, 2.45) is 5.92 Å². The Kier molecular flexibility index (Phi) is 3.50. The van der Waals surface area contributed by atoms with Crippen molar-refractivity contribution in [1.29, 1.82) is 0 Å². The summed E-state index contributed by atoms with van der Waals surface area (Å²) in [5.41, 5.74) is 1.10. The van der Waals surface area contributed by atoms with Gasteiger partial charge in [-0.15, -0.1) is 0 Å². The topological polar surface area (TPSA) is 26.3 Å². The van der Waals surface area contributed by atoms with Gasteiger partial charge in [-0.3, -0.25) is 4.79 Å². The smallest absolute Gasteiger partial charge is 0.308 e. The van der Waals surface area contributed by atoms with Gasteiger partial charge in [0, 0.05) is 0 Å².